The Morgan fingerprint density at radius 1 is 1.08 bits per heavy atom. The van der Waals surface area contributed by atoms with E-state index in [-0.39, 0.29) is 23.3 Å². The molecule has 36 heavy (non-hydrogen) atoms. The van der Waals surface area contributed by atoms with Crippen LogP contribution in [-0.2, 0) is 21.5 Å². The first-order chi connectivity index (χ1) is 17.2. The molecule has 3 aromatic rings. The van der Waals surface area contributed by atoms with E-state index in [0.717, 1.165) is 5.56 Å². The zero-order valence-electron chi connectivity index (χ0n) is 21.2. The highest BCUT2D eigenvalue weighted by Crippen LogP contribution is 2.42. The van der Waals surface area contributed by atoms with Gasteiger partial charge in [-0.25, -0.2) is 0 Å². The van der Waals surface area contributed by atoms with Crippen molar-refractivity contribution in [2.45, 2.75) is 45.7 Å². The van der Waals surface area contributed by atoms with Gasteiger partial charge >= 0.3 is 0 Å². The maximum absolute atomic E-state index is 13.4. The molecule has 1 N–H and O–H groups in total. The van der Waals surface area contributed by atoms with E-state index in [1.165, 1.54) is 11.2 Å². The van der Waals surface area contributed by atoms with Crippen LogP contribution in [0.5, 0.6) is 11.5 Å². The molecule has 7 nitrogen and oxygen atoms in total. The second-order valence-electron chi connectivity index (χ2n) is 9.68. The number of amides is 1. The predicted octanol–water partition coefficient (Wildman–Crippen LogP) is 5.61. The fraction of sp³-hybridized carbons (Fsp3) is 0.310. The number of furan rings is 1. The molecular weight excluding hydrogens is 458 g/mol. The van der Waals surface area contributed by atoms with Gasteiger partial charge in [0.1, 0.15) is 23.0 Å². The summed E-state index contributed by atoms with van der Waals surface area (Å²) in [5.41, 5.74) is 1.69. The van der Waals surface area contributed by atoms with Crippen molar-refractivity contribution in [1.29, 1.82) is 0 Å². The second-order valence-corrected chi connectivity index (χ2v) is 9.68. The third-order valence-corrected chi connectivity index (χ3v) is 6.21. The summed E-state index contributed by atoms with van der Waals surface area (Å²) in [6, 6.07) is 15.1. The van der Waals surface area contributed by atoms with Gasteiger partial charge in [0.2, 0.25) is 0 Å². The van der Waals surface area contributed by atoms with Gasteiger partial charge in [-0.1, -0.05) is 32.9 Å². The number of hydrogen-bond acceptors (Lipinski definition) is 6. The van der Waals surface area contributed by atoms with Gasteiger partial charge in [-0.2, -0.15) is 0 Å². The van der Waals surface area contributed by atoms with Crippen LogP contribution in [0, 0.1) is 0 Å². The number of aliphatic hydroxyl groups excluding tert-OH is 1. The lowest BCUT2D eigenvalue weighted by molar-refractivity contribution is -0.140. The molecule has 1 aromatic heterocycles. The molecule has 4 rings (SSSR count). The summed E-state index contributed by atoms with van der Waals surface area (Å²) < 4.78 is 16.6. The zero-order chi connectivity index (χ0) is 26.0. The molecule has 1 fully saturated rings. The van der Waals surface area contributed by atoms with E-state index in [1.807, 2.05) is 45.9 Å². The Bertz CT molecular complexity index is 1300. The van der Waals surface area contributed by atoms with Crippen LogP contribution in [0.2, 0.25) is 0 Å². The lowest BCUT2D eigenvalue weighted by atomic mass is 9.84. The lowest BCUT2D eigenvalue weighted by Crippen LogP contribution is -2.29. The molecule has 2 aromatic carbocycles. The van der Waals surface area contributed by atoms with E-state index in [4.69, 9.17) is 13.9 Å². The van der Waals surface area contributed by atoms with Gasteiger partial charge in [-0.05, 0) is 60.4 Å². The van der Waals surface area contributed by atoms with Crippen LogP contribution in [0.3, 0.4) is 0 Å². The minimum Gasteiger partial charge on any atom is -0.507 e. The molecule has 0 aliphatic carbocycles. The first-order valence-corrected chi connectivity index (χ1v) is 11.9. The molecule has 0 bridgehead atoms. The van der Waals surface area contributed by atoms with Crippen LogP contribution in [0.25, 0.3) is 5.76 Å². The van der Waals surface area contributed by atoms with Crippen LogP contribution in [0.15, 0.2) is 70.9 Å². The summed E-state index contributed by atoms with van der Waals surface area (Å²) in [7, 11) is 1.59. The molecule has 1 aliphatic heterocycles. The highest BCUT2D eigenvalue weighted by Gasteiger charge is 2.46. The Hall–Kier alpha value is -4.00. The molecular formula is C29H31NO6. The van der Waals surface area contributed by atoms with Crippen molar-refractivity contribution < 1.29 is 28.6 Å². The zero-order valence-corrected chi connectivity index (χ0v) is 21.2. The van der Waals surface area contributed by atoms with Crippen molar-refractivity contribution in [2.75, 3.05) is 13.7 Å². The van der Waals surface area contributed by atoms with Crippen LogP contribution >= 0.6 is 0 Å². The molecule has 1 atom stereocenters. The molecule has 1 amide bonds. The summed E-state index contributed by atoms with van der Waals surface area (Å²) in [6.45, 7) is 8.54. The maximum atomic E-state index is 13.4. The summed E-state index contributed by atoms with van der Waals surface area (Å²) >= 11 is 0. The number of ether oxygens (including phenoxy) is 2. The van der Waals surface area contributed by atoms with Gasteiger partial charge in [-0.3, -0.25) is 9.59 Å². The average molecular weight is 490 g/mol. The number of carbonyl (C=O) groups is 2. The number of hydrogen-bond donors (Lipinski definition) is 1. The maximum Gasteiger partial charge on any atom is 0.296 e. The van der Waals surface area contributed by atoms with Gasteiger partial charge in [-0.15, -0.1) is 0 Å². The summed E-state index contributed by atoms with van der Waals surface area (Å²) in [5, 5.41) is 11.5. The molecule has 0 spiro atoms. The predicted molar refractivity (Wildman–Crippen MR) is 136 cm³/mol. The topological polar surface area (TPSA) is 89.2 Å². The smallest absolute Gasteiger partial charge is 0.296 e. The minimum atomic E-state index is -0.823. The standard InChI is InChI=1S/C29H31NO6/c1-6-35-20-10-7-9-18(15-20)25-24(27(32)28(33)30(25)17-21-11-8-14-36-21)26(31)19-12-13-23(34-5)22(16-19)29(2,3)4/h7-16,25,31H,6,17H2,1-5H3/b26-24+. The van der Waals surface area contributed by atoms with Crippen molar-refractivity contribution in [3.8, 4) is 11.5 Å². The van der Waals surface area contributed by atoms with E-state index in [9.17, 15) is 14.7 Å². The highest BCUT2D eigenvalue weighted by molar-refractivity contribution is 6.46. The largest absolute Gasteiger partial charge is 0.507 e. The summed E-state index contributed by atoms with van der Waals surface area (Å²) in [4.78, 5) is 28.0. The van der Waals surface area contributed by atoms with Crippen LogP contribution in [0.4, 0.5) is 0 Å². The fourth-order valence-electron chi connectivity index (χ4n) is 4.50. The quantitative estimate of drug-likeness (QED) is 0.264. The number of likely N-dealkylation sites (tertiary alicyclic amines) is 1. The van der Waals surface area contributed by atoms with Crippen LogP contribution < -0.4 is 9.47 Å². The Morgan fingerprint density at radius 2 is 1.86 bits per heavy atom. The number of ketones is 1. The Kier molecular flexibility index (Phi) is 6.93. The van der Waals surface area contributed by atoms with E-state index in [1.54, 1.807) is 43.5 Å². The van der Waals surface area contributed by atoms with E-state index >= 15 is 0 Å². The summed E-state index contributed by atoms with van der Waals surface area (Å²) in [5.74, 6) is 0.122. The van der Waals surface area contributed by atoms with E-state index in [2.05, 4.69) is 0 Å². The van der Waals surface area contributed by atoms with Crippen molar-refractivity contribution in [1.82, 2.24) is 4.90 Å². The van der Waals surface area contributed by atoms with Crippen molar-refractivity contribution in [3.63, 3.8) is 0 Å². The number of carbonyl (C=O) groups excluding carboxylic acids is 2. The van der Waals surface area contributed by atoms with Gasteiger partial charge in [0.05, 0.1) is 38.1 Å². The number of nitrogens with zero attached hydrogens (tertiary/aromatic N) is 1. The SMILES string of the molecule is CCOc1cccc(C2/C(=C(\O)c3ccc(OC)c(C(C)(C)C)c3)C(=O)C(=O)N2Cc2ccco2)c1. The monoisotopic (exact) mass is 489 g/mol. The number of aliphatic hydroxyl groups is 1. The molecule has 1 saturated heterocycles. The van der Waals surface area contributed by atoms with Crippen LogP contribution in [-0.4, -0.2) is 35.4 Å². The molecule has 2 heterocycles. The normalized spacial score (nSPS) is 17.5. The Balaban J connectivity index is 1.90. The molecule has 0 radical (unpaired) electrons. The third kappa shape index (κ3) is 4.73. The van der Waals surface area contributed by atoms with Crippen molar-refractivity contribution in [3.05, 3.63) is 88.9 Å². The third-order valence-electron chi connectivity index (χ3n) is 6.21. The minimum absolute atomic E-state index is 0.0187. The van der Waals surface area contributed by atoms with Crippen LogP contribution in [0.1, 0.15) is 56.2 Å². The molecule has 188 valence electrons. The first kappa shape index (κ1) is 25.1. The van der Waals surface area contributed by atoms with Crippen molar-refractivity contribution in [2.24, 2.45) is 0 Å². The molecule has 7 heteroatoms. The highest BCUT2D eigenvalue weighted by atomic mass is 16.5. The lowest BCUT2D eigenvalue weighted by Gasteiger charge is -2.25. The molecule has 0 saturated carbocycles. The number of Topliss-reactive ketones (excluding diaryl/α,β-unsaturated/α-hetero) is 1. The first-order valence-electron chi connectivity index (χ1n) is 11.9. The number of rotatable bonds is 7. The van der Waals surface area contributed by atoms with Gasteiger partial charge in [0.15, 0.2) is 0 Å². The van der Waals surface area contributed by atoms with E-state index in [0.29, 0.717) is 35.0 Å². The van der Waals surface area contributed by atoms with Gasteiger partial charge in [0, 0.05) is 11.1 Å². The summed E-state index contributed by atoms with van der Waals surface area (Å²) in [6.07, 6.45) is 1.52. The van der Waals surface area contributed by atoms with E-state index < -0.39 is 17.7 Å². The fourth-order valence-corrected chi connectivity index (χ4v) is 4.50. The molecule has 1 unspecified atom stereocenters. The number of benzene rings is 2. The second kappa shape index (κ2) is 9.93. The van der Waals surface area contributed by atoms with Gasteiger partial charge in [0.25, 0.3) is 11.7 Å². The average Bonchev–Trinajstić information content (AvgIpc) is 3.45. The Morgan fingerprint density at radius 3 is 2.50 bits per heavy atom. The van der Waals surface area contributed by atoms with Crippen molar-refractivity contribution >= 4 is 17.4 Å². The molecule has 1 aliphatic rings. The van der Waals surface area contributed by atoms with Gasteiger partial charge < -0.3 is 23.9 Å². The Labute approximate surface area is 210 Å². The number of methoxy groups -OCH3 is 1.